The van der Waals surface area contributed by atoms with Crippen molar-refractivity contribution in [1.29, 1.82) is 0 Å². The minimum Gasteiger partial charge on any atom is -0.349 e. The van der Waals surface area contributed by atoms with E-state index in [4.69, 9.17) is 0 Å². The number of nitrogens with zero attached hydrogens (tertiary/aromatic N) is 3. The van der Waals surface area contributed by atoms with Crippen molar-refractivity contribution < 1.29 is 14.4 Å². The summed E-state index contributed by atoms with van der Waals surface area (Å²) in [5, 5.41) is 2.88. The fraction of sp³-hybridized carbons (Fsp3) is 0.524. The first-order valence-corrected chi connectivity index (χ1v) is 10.2. The van der Waals surface area contributed by atoms with Crippen molar-refractivity contribution in [3.63, 3.8) is 0 Å². The number of fused-ring (bicyclic) bond motifs is 2. The van der Waals surface area contributed by atoms with Crippen LogP contribution in [0.2, 0.25) is 0 Å². The Morgan fingerprint density at radius 3 is 2.50 bits per heavy atom. The summed E-state index contributed by atoms with van der Waals surface area (Å²) < 4.78 is 2.08. The van der Waals surface area contributed by atoms with Crippen LogP contribution in [0.1, 0.15) is 44.9 Å². The van der Waals surface area contributed by atoms with Gasteiger partial charge in [0.2, 0.25) is 17.7 Å². The van der Waals surface area contributed by atoms with Crippen molar-refractivity contribution in [1.82, 2.24) is 19.8 Å². The van der Waals surface area contributed by atoms with Crippen LogP contribution >= 0.6 is 0 Å². The zero-order valence-corrected chi connectivity index (χ0v) is 16.2. The van der Waals surface area contributed by atoms with Crippen LogP contribution in [0.3, 0.4) is 0 Å². The Hall–Kier alpha value is -2.70. The molecule has 1 saturated heterocycles. The Bertz CT molecular complexity index is 896. The molecule has 1 N–H and O–H groups in total. The second kappa shape index (κ2) is 7.73. The minimum absolute atomic E-state index is 0.0877. The molecule has 28 heavy (non-hydrogen) atoms. The molecule has 1 aliphatic carbocycles. The van der Waals surface area contributed by atoms with E-state index in [-0.39, 0.29) is 42.5 Å². The summed E-state index contributed by atoms with van der Waals surface area (Å²) in [4.78, 5) is 43.2. The molecule has 7 nitrogen and oxygen atoms in total. The van der Waals surface area contributed by atoms with Crippen LogP contribution in [0, 0.1) is 11.8 Å². The average Bonchev–Trinajstić information content (AvgIpc) is 3.20. The van der Waals surface area contributed by atoms with E-state index in [1.807, 2.05) is 31.2 Å². The molecule has 2 aliphatic rings. The number of carbonyl (C=O) groups is 3. The molecule has 0 radical (unpaired) electrons. The van der Waals surface area contributed by atoms with Crippen LogP contribution in [0.5, 0.6) is 0 Å². The summed E-state index contributed by atoms with van der Waals surface area (Å²) in [6.45, 7) is 3.31. The zero-order valence-electron chi connectivity index (χ0n) is 16.2. The summed E-state index contributed by atoms with van der Waals surface area (Å²) in [5.41, 5.74) is 1.95. The maximum absolute atomic E-state index is 12.5. The third-order valence-corrected chi connectivity index (χ3v) is 5.99. The van der Waals surface area contributed by atoms with Gasteiger partial charge in [0, 0.05) is 19.5 Å². The molecule has 4 rings (SSSR count). The van der Waals surface area contributed by atoms with E-state index in [1.54, 1.807) is 0 Å². The number of nitrogens with one attached hydrogen (secondary N) is 1. The largest absolute Gasteiger partial charge is 0.349 e. The van der Waals surface area contributed by atoms with Gasteiger partial charge in [-0.2, -0.15) is 0 Å². The Balaban J connectivity index is 1.34. The normalized spacial score (nSPS) is 22.0. The molecule has 2 aromatic rings. The molecule has 0 bridgehead atoms. The van der Waals surface area contributed by atoms with Gasteiger partial charge in [-0.05, 0) is 31.9 Å². The average molecular weight is 382 g/mol. The molecular formula is C21H26N4O3. The quantitative estimate of drug-likeness (QED) is 0.777. The number of hydrogen-bond acceptors (Lipinski definition) is 4. The number of rotatable bonds is 6. The summed E-state index contributed by atoms with van der Waals surface area (Å²) in [7, 11) is 0. The summed E-state index contributed by atoms with van der Waals surface area (Å²) in [5.74, 6) is 0.134. The lowest BCUT2D eigenvalue weighted by Gasteiger charge is -2.19. The van der Waals surface area contributed by atoms with Gasteiger partial charge in [0.1, 0.15) is 5.82 Å². The maximum atomic E-state index is 12.5. The topological polar surface area (TPSA) is 84.3 Å². The van der Waals surface area contributed by atoms with Crippen molar-refractivity contribution >= 4 is 28.8 Å². The molecule has 2 fully saturated rings. The van der Waals surface area contributed by atoms with Crippen LogP contribution in [0.4, 0.5) is 0 Å². The fourth-order valence-electron chi connectivity index (χ4n) is 4.54. The molecule has 3 amide bonds. The maximum Gasteiger partial charge on any atom is 0.233 e. The van der Waals surface area contributed by atoms with Gasteiger partial charge < -0.3 is 9.88 Å². The van der Waals surface area contributed by atoms with E-state index in [9.17, 15) is 14.4 Å². The number of imidazole rings is 1. The lowest BCUT2D eigenvalue weighted by molar-refractivity contribution is -0.140. The van der Waals surface area contributed by atoms with Gasteiger partial charge in [-0.1, -0.05) is 25.0 Å². The van der Waals surface area contributed by atoms with E-state index in [1.165, 1.54) is 4.90 Å². The molecule has 2 unspecified atom stereocenters. The highest BCUT2D eigenvalue weighted by atomic mass is 16.2. The van der Waals surface area contributed by atoms with Crippen molar-refractivity contribution in [3.05, 3.63) is 30.1 Å². The minimum atomic E-state index is -0.176. The highest BCUT2D eigenvalue weighted by molar-refractivity contribution is 6.05. The highest BCUT2D eigenvalue weighted by Crippen LogP contribution is 2.37. The third kappa shape index (κ3) is 3.30. The Morgan fingerprint density at radius 1 is 1.14 bits per heavy atom. The molecular weight excluding hydrogens is 356 g/mol. The molecule has 2 heterocycles. The van der Waals surface area contributed by atoms with Gasteiger partial charge in [-0.3, -0.25) is 19.3 Å². The molecule has 1 aromatic heterocycles. The number of imide groups is 1. The van der Waals surface area contributed by atoms with Gasteiger partial charge in [-0.25, -0.2) is 4.98 Å². The second-order valence-electron chi connectivity index (χ2n) is 7.61. The second-order valence-corrected chi connectivity index (χ2v) is 7.61. The number of benzene rings is 1. The number of hydrogen-bond donors (Lipinski definition) is 1. The lowest BCUT2D eigenvalue weighted by Crippen LogP contribution is -2.35. The van der Waals surface area contributed by atoms with E-state index in [2.05, 4.69) is 14.9 Å². The van der Waals surface area contributed by atoms with Gasteiger partial charge in [0.05, 0.1) is 29.4 Å². The van der Waals surface area contributed by atoms with Crippen LogP contribution in [0.25, 0.3) is 11.0 Å². The summed E-state index contributed by atoms with van der Waals surface area (Å²) >= 11 is 0. The lowest BCUT2D eigenvalue weighted by atomic mass is 9.81. The smallest absolute Gasteiger partial charge is 0.233 e. The van der Waals surface area contributed by atoms with Crippen molar-refractivity contribution in [2.75, 3.05) is 6.54 Å². The van der Waals surface area contributed by atoms with E-state index in [0.717, 1.165) is 49.1 Å². The Labute approximate surface area is 164 Å². The number of aryl methyl sites for hydroxylation is 1. The third-order valence-electron chi connectivity index (χ3n) is 5.99. The zero-order chi connectivity index (χ0) is 19.7. The molecule has 0 spiro atoms. The molecule has 1 aromatic carbocycles. The standard InChI is InChI=1S/C21H26N4O3/c1-2-24-17-10-6-5-9-16(17)23-18(24)13-22-19(26)11-12-25-20(27)14-7-3-4-8-15(14)21(25)28/h5-6,9-10,14-15H,2-4,7-8,11-13H2,1H3,(H,22,26). The molecule has 7 heteroatoms. The molecule has 148 valence electrons. The molecule has 2 atom stereocenters. The number of amides is 3. The Morgan fingerprint density at radius 2 is 1.82 bits per heavy atom. The van der Waals surface area contributed by atoms with E-state index >= 15 is 0 Å². The van der Waals surface area contributed by atoms with Gasteiger partial charge >= 0.3 is 0 Å². The van der Waals surface area contributed by atoms with E-state index < -0.39 is 0 Å². The monoisotopic (exact) mass is 382 g/mol. The summed E-state index contributed by atoms with van der Waals surface area (Å²) in [6.07, 6.45) is 3.74. The van der Waals surface area contributed by atoms with Crippen LogP contribution in [-0.2, 0) is 27.5 Å². The van der Waals surface area contributed by atoms with Crippen LogP contribution in [0.15, 0.2) is 24.3 Å². The SMILES string of the molecule is CCn1c(CNC(=O)CCN2C(=O)C3CCCCC3C2=O)nc2ccccc21. The van der Waals surface area contributed by atoms with Crippen molar-refractivity contribution in [3.8, 4) is 0 Å². The first kappa shape index (κ1) is 18.7. The number of aromatic nitrogens is 2. The molecule has 1 aliphatic heterocycles. The first-order chi connectivity index (χ1) is 13.6. The van der Waals surface area contributed by atoms with Gasteiger partial charge in [0.15, 0.2) is 0 Å². The van der Waals surface area contributed by atoms with Gasteiger partial charge in [-0.15, -0.1) is 0 Å². The Kier molecular flexibility index (Phi) is 5.15. The predicted molar refractivity (Wildman–Crippen MR) is 104 cm³/mol. The van der Waals surface area contributed by atoms with E-state index in [0.29, 0.717) is 6.54 Å². The van der Waals surface area contributed by atoms with Crippen LogP contribution in [-0.4, -0.2) is 38.7 Å². The number of carbonyl (C=O) groups excluding carboxylic acids is 3. The summed E-state index contributed by atoms with van der Waals surface area (Å²) in [6, 6.07) is 7.89. The van der Waals surface area contributed by atoms with Crippen LogP contribution < -0.4 is 5.32 Å². The first-order valence-electron chi connectivity index (χ1n) is 10.2. The number of para-hydroxylation sites is 2. The predicted octanol–water partition coefficient (Wildman–Crippen LogP) is 2.24. The number of likely N-dealkylation sites (tertiary alicyclic amines) is 1. The molecule has 1 saturated carbocycles. The van der Waals surface area contributed by atoms with Crippen molar-refractivity contribution in [2.24, 2.45) is 11.8 Å². The highest BCUT2D eigenvalue weighted by Gasteiger charge is 2.47. The van der Waals surface area contributed by atoms with Gasteiger partial charge in [0.25, 0.3) is 0 Å². The van der Waals surface area contributed by atoms with Crippen molar-refractivity contribution in [2.45, 2.75) is 52.1 Å². The fourth-order valence-corrected chi connectivity index (χ4v) is 4.54.